The van der Waals surface area contributed by atoms with Crippen LogP contribution in [0.1, 0.15) is 44.2 Å². The quantitative estimate of drug-likeness (QED) is 0.738. The van der Waals surface area contributed by atoms with Crippen molar-refractivity contribution in [3.63, 3.8) is 0 Å². The number of nitrogens with zero attached hydrogens (tertiary/aromatic N) is 1. The Bertz CT molecular complexity index is 813. The minimum absolute atomic E-state index is 0.536. The van der Waals surface area contributed by atoms with Gasteiger partial charge in [-0.1, -0.05) is 42.5 Å². The van der Waals surface area contributed by atoms with Gasteiger partial charge in [0, 0.05) is 5.56 Å². The van der Waals surface area contributed by atoms with Crippen LogP contribution in [-0.4, -0.2) is 36.1 Å². The molecule has 1 aliphatic heterocycles. The van der Waals surface area contributed by atoms with Gasteiger partial charge in [0.05, 0.1) is 13.2 Å². The highest BCUT2D eigenvalue weighted by Gasteiger charge is 2.47. The van der Waals surface area contributed by atoms with Gasteiger partial charge in [-0.2, -0.15) is 0 Å². The molecule has 2 aromatic carbocycles. The smallest absolute Gasteiger partial charge is 0.413 e. The summed E-state index contributed by atoms with van der Waals surface area (Å²) in [5.41, 5.74) is 0.862. The molecule has 28 heavy (non-hydrogen) atoms. The molecule has 6 nitrogen and oxygen atoms in total. The fourth-order valence-corrected chi connectivity index (χ4v) is 3.23. The van der Waals surface area contributed by atoms with E-state index in [4.69, 9.17) is 14.2 Å². The van der Waals surface area contributed by atoms with Crippen LogP contribution in [0.3, 0.4) is 0 Å². The first-order valence-corrected chi connectivity index (χ1v) is 9.15. The molecule has 0 radical (unpaired) electrons. The summed E-state index contributed by atoms with van der Waals surface area (Å²) < 4.78 is 16.8. The highest BCUT2D eigenvalue weighted by molar-refractivity contribution is 5.72. The summed E-state index contributed by atoms with van der Waals surface area (Å²) in [4.78, 5) is 26.4. The van der Waals surface area contributed by atoms with Crippen LogP contribution in [0.2, 0.25) is 0 Å². The second kappa shape index (κ2) is 8.02. The fraction of sp³-hybridized carbons (Fsp3) is 0.364. The molecule has 1 heterocycles. The molecule has 1 aliphatic rings. The van der Waals surface area contributed by atoms with E-state index in [9.17, 15) is 9.59 Å². The summed E-state index contributed by atoms with van der Waals surface area (Å²) in [5, 5.41) is 0. The Hall–Kier alpha value is -2.86. The van der Waals surface area contributed by atoms with Gasteiger partial charge in [0.2, 0.25) is 0 Å². The predicted molar refractivity (Wildman–Crippen MR) is 104 cm³/mol. The Balaban J connectivity index is 2.04. The van der Waals surface area contributed by atoms with Crippen molar-refractivity contribution in [3.05, 3.63) is 65.7 Å². The summed E-state index contributed by atoms with van der Waals surface area (Å²) in [7, 11) is 1.59. The van der Waals surface area contributed by atoms with E-state index in [2.05, 4.69) is 0 Å². The molecule has 0 bridgehead atoms. The Morgan fingerprint density at radius 1 is 1.04 bits per heavy atom. The molecule has 0 saturated carbocycles. The second-order valence-corrected chi connectivity index (χ2v) is 7.61. The minimum atomic E-state index is -0.804. The molecular formula is C22H25NO5. The third kappa shape index (κ3) is 4.17. The number of benzene rings is 2. The molecule has 1 fully saturated rings. The van der Waals surface area contributed by atoms with Crippen LogP contribution in [0.25, 0.3) is 0 Å². The summed E-state index contributed by atoms with van der Waals surface area (Å²) in [6.45, 7) is 5.41. The molecule has 0 aromatic heterocycles. The molecule has 6 heteroatoms. The predicted octanol–water partition coefficient (Wildman–Crippen LogP) is 4.27. The highest BCUT2D eigenvalue weighted by atomic mass is 16.6. The Labute approximate surface area is 165 Å². The maximum absolute atomic E-state index is 13.1. The van der Waals surface area contributed by atoms with Gasteiger partial charge in [-0.25, -0.2) is 4.79 Å². The third-order valence-corrected chi connectivity index (χ3v) is 4.43. The van der Waals surface area contributed by atoms with E-state index < -0.39 is 30.1 Å². The minimum Gasteiger partial charge on any atom is -0.497 e. The summed E-state index contributed by atoms with van der Waals surface area (Å²) in [6.07, 6.45) is -1.35. The van der Waals surface area contributed by atoms with Crippen LogP contribution in [-0.2, 0) is 14.3 Å². The summed E-state index contributed by atoms with van der Waals surface area (Å²) in [6, 6.07) is 16.0. The molecule has 1 saturated heterocycles. The molecule has 0 aliphatic carbocycles. The first-order valence-electron chi connectivity index (χ1n) is 9.15. The van der Waals surface area contributed by atoms with E-state index in [-0.39, 0.29) is 0 Å². The van der Waals surface area contributed by atoms with Gasteiger partial charge in [0.15, 0.2) is 12.5 Å². The molecule has 2 aromatic rings. The number of hydrogen-bond acceptors (Lipinski definition) is 5. The van der Waals surface area contributed by atoms with Crippen molar-refractivity contribution >= 4 is 12.4 Å². The average molecular weight is 383 g/mol. The maximum Gasteiger partial charge on any atom is 0.413 e. The van der Waals surface area contributed by atoms with Gasteiger partial charge >= 0.3 is 6.09 Å². The second-order valence-electron chi connectivity index (χ2n) is 7.61. The average Bonchev–Trinajstić information content (AvgIpc) is 3.07. The largest absolute Gasteiger partial charge is 0.497 e. The van der Waals surface area contributed by atoms with Crippen LogP contribution in [0.15, 0.2) is 54.6 Å². The molecule has 3 rings (SSSR count). The van der Waals surface area contributed by atoms with Gasteiger partial charge in [0.25, 0.3) is 0 Å². The first kappa shape index (κ1) is 19.9. The number of ether oxygens (including phenoxy) is 3. The first-order chi connectivity index (χ1) is 13.3. The van der Waals surface area contributed by atoms with E-state index in [1.807, 2.05) is 42.5 Å². The van der Waals surface area contributed by atoms with Gasteiger partial charge in [-0.15, -0.1) is 0 Å². The number of methoxy groups -OCH3 is 1. The van der Waals surface area contributed by atoms with Crippen LogP contribution in [0.4, 0.5) is 4.79 Å². The van der Waals surface area contributed by atoms with Gasteiger partial charge in [-0.3, -0.25) is 4.90 Å². The molecule has 0 spiro atoms. The summed E-state index contributed by atoms with van der Waals surface area (Å²) >= 11 is 0. The van der Waals surface area contributed by atoms with Gasteiger partial charge in [0.1, 0.15) is 17.5 Å². The Morgan fingerprint density at radius 2 is 1.68 bits per heavy atom. The maximum atomic E-state index is 13.1. The monoisotopic (exact) mass is 383 g/mol. The lowest BCUT2D eigenvalue weighted by atomic mass is 10.0. The number of amides is 1. The lowest BCUT2D eigenvalue weighted by Gasteiger charge is -2.31. The molecule has 1 unspecified atom stereocenters. The number of aldehydes is 1. The normalized spacial score (nSPS) is 22.0. The molecule has 1 amide bonds. The van der Waals surface area contributed by atoms with Crippen molar-refractivity contribution in [2.45, 2.75) is 44.7 Å². The number of carbonyl (C=O) groups excluding carboxylic acids is 2. The van der Waals surface area contributed by atoms with Crippen molar-refractivity contribution in [2.24, 2.45) is 0 Å². The van der Waals surface area contributed by atoms with Crippen LogP contribution in [0.5, 0.6) is 5.75 Å². The number of hydrogen-bond donors (Lipinski definition) is 0. The van der Waals surface area contributed by atoms with Crippen LogP contribution in [0, 0.1) is 0 Å². The van der Waals surface area contributed by atoms with E-state index in [0.29, 0.717) is 5.75 Å². The highest BCUT2D eigenvalue weighted by Crippen LogP contribution is 2.43. The lowest BCUT2D eigenvalue weighted by molar-refractivity contribution is -0.118. The van der Waals surface area contributed by atoms with E-state index in [0.717, 1.165) is 17.4 Å². The SMILES string of the molecule is COc1ccc(C2O[C@@H](C=O)[C@H](c3ccccc3)N2C(=O)OC(C)(C)C)cc1. The zero-order chi connectivity index (χ0) is 20.3. The van der Waals surface area contributed by atoms with E-state index >= 15 is 0 Å². The Kier molecular flexibility index (Phi) is 5.70. The molecule has 3 atom stereocenters. The van der Waals surface area contributed by atoms with Crippen LogP contribution < -0.4 is 4.74 Å². The van der Waals surface area contributed by atoms with Crippen molar-refractivity contribution in [3.8, 4) is 5.75 Å². The zero-order valence-electron chi connectivity index (χ0n) is 16.5. The van der Waals surface area contributed by atoms with Crippen molar-refractivity contribution in [1.29, 1.82) is 0 Å². The zero-order valence-corrected chi connectivity index (χ0v) is 16.5. The molecule has 0 N–H and O–H groups in total. The standard InChI is InChI=1S/C22H25NO5/c1-22(2,3)28-21(25)23-19(15-8-6-5-7-9-15)18(14-24)27-20(23)16-10-12-17(26-4)13-11-16/h5-14,18-20H,1-4H3/t18-,19-,20?/m0/s1. The fourth-order valence-electron chi connectivity index (χ4n) is 3.23. The third-order valence-electron chi connectivity index (χ3n) is 4.43. The molecular weight excluding hydrogens is 358 g/mol. The van der Waals surface area contributed by atoms with Crippen molar-refractivity contribution < 1.29 is 23.8 Å². The molecule has 148 valence electrons. The van der Waals surface area contributed by atoms with Gasteiger partial charge in [-0.05, 0) is 38.5 Å². The van der Waals surface area contributed by atoms with Crippen molar-refractivity contribution in [1.82, 2.24) is 4.90 Å². The van der Waals surface area contributed by atoms with Crippen LogP contribution >= 0.6 is 0 Å². The number of carbonyl (C=O) groups is 2. The lowest BCUT2D eigenvalue weighted by Crippen LogP contribution is -2.39. The van der Waals surface area contributed by atoms with E-state index in [1.54, 1.807) is 40.0 Å². The van der Waals surface area contributed by atoms with Gasteiger partial charge < -0.3 is 19.0 Å². The topological polar surface area (TPSA) is 65.1 Å². The Morgan fingerprint density at radius 3 is 2.21 bits per heavy atom. The number of rotatable bonds is 4. The van der Waals surface area contributed by atoms with Crippen molar-refractivity contribution in [2.75, 3.05) is 7.11 Å². The van der Waals surface area contributed by atoms with E-state index in [1.165, 1.54) is 4.90 Å². The summed E-state index contributed by atoms with van der Waals surface area (Å²) in [5.74, 6) is 0.692.